The number of nitrogens with one attached hydrogen (secondary N) is 1. The molecule has 7 heteroatoms. The number of nitrogens with zero attached hydrogens (tertiary/aromatic N) is 2. The molecule has 124 valence electrons. The Labute approximate surface area is 134 Å². The van der Waals surface area contributed by atoms with Crippen LogP contribution >= 0.6 is 0 Å². The number of aromatic nitrogens is 2. The topological polar surface area (TPSA) is 78.5 Å². The van der Waals surface area contributed by atoms with Crippen LogP contribution in [-0.2, 0) is 18.2 Å². The summed E-state index contributed by atoms with van der Waals surface area (Å²) in [6.07, 6.45) is 3.93. The fraction of sp³-hybridized carbons (Fsp3) is 0.500. The summed E-state index contributed by atoms with van der Waals surface area (Å²) in [6, 6.07) is 1.67. The van der Waals surface area contributed by atoms with Gasteiger partial charge in [0.15, 0.2) is 11.5 Å². The second-order valence-corrected chi connectivity index (χ2v) is 5.70. The predicted octanol–water partition coefficient (Wildman–Crippen LogP) is 1.46. The van der Waals surface area contributed by atoms with Crippen molar-refractivity contribution >= 4 is 5.91 Å². The molecule has 2 aromatic rings. The van der Waals surface area contributed by atoms with E-state index in [2.05, 4.69) is 10.4 Å². The molecule has 7 nitrogen and oxygen atoms in total. The number of furan rings is 1. The summed E-state index contributed by atoms with van der Waals surface area (Å²) < 4.78 is 18.5. The van der Waals surface area contributed by atoms with Crippen molar-refractivity contribution in [2.45, 2.75) is 32.4 Å². The molecule has 1 N–H and O–H groups in total. The molecule has 1 aliphatic heterocycles. The van der Waals surface area contributed by atoms with E-state index in [0.29, 0.717) is 24.7 Å². The van der Waals surface area contributed by atoms with Gasteiger partial charge in [-0.05, 0) is 13.0 Å². The lowest BCUT2D eigenvalue weighted by Gasteiger charge is -2.19. The van der Waals surface area contributed by atoms with Gasteiger partial charge in [-0.25, -0.2) is 0 Å². The van der Waals surface area contributed by atoms with E-state index in [1.165, 1.54) is 0 Å². The molecule has 3 rings (SSSR count). The highest BCUT2D eigenvalue weighted by molar-refractivity contribution is 5.93. The first-order valence-electron chi connectivity index (χ1n) is 7.70. The maximum Gasteiger partial charge on any atom is 0.287 e. The Hall–Kier alpha value is -2.28. The maximum absolute atomic E-state index is 12.4. The van der Waals surface area contributed by atoms with Gasteiger partial charge in [0.2, 0.25) is 0 Å². The van der Waals surface area contributed by atoms with Crippen LogP contribution in [0.25, 0.3) is 0 Å². The van der Waals surface area contributed by atoms with Gasteiger partial charge >= 0.3 is 0 Å². The van der Waals surface area contributed by atoms with Crippen LogP contribution in [0.2, 0.25) is 0 Å². The van der Waals surface area contributed by atoms with Crippen LogP contribution in [0.5, 0.6) is 5.75 Å². The number of carbonyl (C=O) groups is 1. The summed E-state index contributed by atoms with van der Waals surface area (Å²) in [5.74, 6) is 1.58. The van der Waals surface area contributed by atoms with Crippen molar-refractivity contribution in [3.63, 3.8) is 0 Å². The normalized spacial score (nSPS) is 20.7. The van der Waals surface area contributed by atoms with Crippen molar-refractivity contribution in [2.24, 2.45) is 7.05 Å². The Morgan fingerprint density at radius 1 is 1.52 bits per heavy atom. The minimum Gasteiger partial charge on any atom is -0.482 e. The van der Waals surface area contributed by atoms with Crippen molar-refractivity contribution < 1.29 is 18.7 Å². The first kappa shape index (κ1) is 15.6. The number of aryl methyl sites for hydroxylation is 3. The van der Waals surface area contributed by atoms with E-state index < -0.39 is 0 Å². The van der Waals surface area contributed by atoms with Crippen LogP contribution in [0.1, 0.15) is 28.8 Å². The molecule has 0 unspecified atom stereocenters. The largest absolute Gasteiger partial charge is 0.482 e. The van der Waals surface area contributed by atoms with Crippen LogP contribution in [0, 0.1) is 6.92 Å². The molecule has 1 amide bonds. The number of hydrogen-bond donors (Lipinski definition) is 1. The quantitative estimate of drug-likeness (QED) is 0.902. The zero-order chi connectivity index (χ0) is 16.4. The maximum atomic E-state index is 12.4. The third kappa shape index (κ3) is 3.39. The Kier molecular flexibility index (Phi) is 4.38. The number of rotatable bonds is 5. The Balaban J connectivity index is 1.65. The van der Waals surface area contributed by atoms with Gasteiger partial charge in [-0.1, -0.05) is 6.92 Å². The first-order chi connectivity index (χ1) is 11.1. The van der Waals surface area contributed by atoms with E-state index in [1.807, 2.05) is 27.0 Å². The van der Waals surface area contributed by atoms with Crippen LogP contribution in [0.3, 0.4) is 0 Å². The number of hydrogen-bond acceptors (Lipinski definition) is 5. The molecular formula is C16H21N3O4. The van der Waals surface area contributed by atoms with E-state index in [4.69, 9.17) is 13.9 Å². The summed E-state index contributed by atoms with van der Waals surface area (Å²) in [6.45, 7) is 4.70. The summed E-state index contributed by atoms with van der Waals surface area (Å²) >= 11 is 0. The predicted molar refractivity (Wildman–Crippen MR) is 82.5 cm³/mol. The van der Waals surface area contributed by atoms with Gasteiger partial charge in [-0.2, -0.15) is 5.10 Å². The molecule has 0 aliphatic carbocycles. The highest BCUT2D eigenvalue weighted by atomic mass is 16.5. The van der Waals surface area contributed by atoms with E-state index in [0.717, 1.165) is 17.7 Å². The lowest BCUT2D eigenvalue weighted by atomic mass is 10.2. The lowest BCUT2D eigenvalue weighted by Crippen LogP contribution is -2.45. The van der Waals surface area contributed by atoms with Crippen LogP contribution in [0.4, 0.5) is 0 Å². The Bertz CT molecular complexity index is 691. The molecule has 2 aromatic heterocycles. The van der Waals surface area contributed by atoms with Gasteiger partial charge in [0.05, 0.1) is 31.6 Å². The van der Waals surface area contributed by atoms with Gasteiger partial charge in [0.25, 0.3) is 5.91 Å². The average molecular weight is 319 g/mol. The van der Waals surface area contributed by atoms with E-state index in [-0.39, 0.29) is 18.1 Å². The summed E-state index contributed by atoms with van der Waals surface area (Å²) in [5, 5.41) is 7.01. The lowest BCUT2D eigenvalue weighted by molar-refractivity contribution is 0.0874. The second-order valence-electron chi connectivity index (χ2n) is 5.70. The molecule has 0 radical (unpaired) electrons. The third-order valence-electron chi connectivity index (χ3n) is 3.84. The molecule has 3 heterocycles. The van der Waals surface area contributed by atoms with E-state index in [1.54, 1.807) is 17.1 Å². The molecule has 2 atom stereocenters. The molecule has 0 aromatic carbocycles. The van der Waals surface area contributed by atoms with Crippen LogP contribution < -0.4 is 10.1 Å². The smallest absolute Gasteiger partial charge is 0.287 e. The van der Waals surface area contributed by atoms with Gasteiger partial charge in [0.1, 0.15) is 11.9 Å². The summed E-state index contributed by atoms with van der Waals surface area (Å²) in [7, 11) is 1.82. The van der Waals surface area contributed by atoms with Gasteiger partial charge in [0, 0.05) is 19.0 Å². The minimum absolute atomic E-state index is 0.225. The Morgan fingerprint density at radius 3 is 3.00 bits per heavy atom. The molecule has 1 saturated heterocycles. The van der Waals surface area contributed by atoms with Crippen LogP contribution in [-0.4, -0.2) is 41.0 Å². The zero-order valence-electron chi connectivity index (χ0n) is 13.5. The molecule has 0 bridgehead atoms. The number of ether oxygens (including phenoxy) is 2. The monoisotopic (exact) mass is 319 g/mol. The van der Waals surface area contributed by atoms with Crippen LogP contribution in [0.15, 0.2) is 22.9 Å². The second kappa shape index (κ2) is 6.45. The van der Waals surface area contributed by atoms with Crippen molar-refractivity contribution in [3.8, 4) is 5.75 Å². The Morgan fingerprint density at radius 2 is 2.35 bits per heavy atom. The molecule has 0 spiro atoms. The summed E-state index contributed by atoms with van der Waals surface area (Å²) in [5.41, 5.74) is 0.836. The van der Waals surface area contributed by atoms with E-state index >= 15 is 0 Å². The molecule has 23 heavy (non-hydrogen) atoms. The number of carbonyl (C=O) groups excluding carboxylic acids is 1. The standard InChI is InChI=1S/C16H21N3O4/c1-4-11-5-10(2)15(23-11)16(20)18-13-8-21-9-14(13)22-12-6-17-19(3)7-12/h5-7,13-14H,4,8-9H2,1-3H3,(H,18,20)/t13-,14+/m0/s1. The number of amides is 1. The summed E-state index contributed by atoms with van der Waals surface area (Å²) in [4.78, 5) is 12.4. The molecule has 1 fully saturated rings. The highest BCUT2D eigenvalue weighted by Crippen LogP contribution is 2.18. The molecule has 0 saturated carbocycles. The molecule has 1 aliphatic rings. The third-order valence-corrected chi connectivity index (χ3v) is 3.84. The molecular weight excluding hydrogens is 298 g/mol. The SMILES string of the molecule is CCc1cc(C)c(C(=O)N[C@H]2COC[C@H]2Oc2cnn(C)c2)o1. The van der Waals surface area contributed by atoms with Gasteiger partial charge < -0.3 is 19.2 Å². The first-order valence-corrected chi connectivity index (χ1v) is 7.70. The minimum atomic E-state index is -0.246. The average Bonchev–Trinajstić information content (AvgIpc) is 3.21. The van der Waals surface area contributed by atoms with E-state index in [9.17, 15) is 4.79 Å². The van der Waals surface area contributed by atoms with Crippen molar-refractivity contribution in [3.05, 3.63) is 35.5 Å². The van der Waals surface area contributed by atoms with Crippen molar-refractivity contribution in [2.75, 3.05) is 13.2 Å². The van der Waals surface area contributed by atoms with Gasteiger partial charge in [-0.3, -0.25) is 9.48 Å². The van der Waals surface area contributed by atoms with Crippen molar-refractivity contribution in [1.29, 1.82) is 0 Å². The highest BCUT2D eigenvalue weighted by Gasteiger charge is 2.33. The van der Waals surface area contributed by atoms with Crippen molar-refractivity contribution in [1.82, 2.24) is 15.1 Å². The fourth-order valence-corrected chi connectivity index (χ4v) is 2.60. The van der Waals surface area contributed by atoms with Gasteiger partial charge in [-0.15, -0.1) is 0 Å². The zero-order valence-corrected chi connectivity index (χ0v) is 13.5. The fourth-order valence-electron chi connectivity index (χ4n) is 2.60.